The van der Waals surface area contributed by atoms with Crippen molar-refractivity contribution in [1.82, 2.24) is 4.90 Å². The number of aldehydes is 2. The van der Waals surface area contributed by atoms with E-state index in [-0.39, 0.29) is 23.7 Å². The Labute approximate surface area is 219 Å². The van der Waals surface area contributed by atoms with E-state index in [1.54, 1.807) is 19.3 Å². The number of benzene rings is 1. The number of halogens is 2. The molecule has 3 atom stereocenters. The highest BCUT2D eigenvalue weighted by Crippen LogP contribution is 2.42. The van der Waals surface area contributed by atoms with E-state index >= 15 is 0 Å². The minimum Gasteiger partial charge on any atom is -0.378 e. The van der Waals surface area contributed by atoms with Crippen LogP contribution in [0, 0.1) is 0 Å². The maximum atomic E-state index is 12.4. The number of alkyl halides is 1. The number of aliphatic imine (C=N–C) groups is 1. The van der Waals surface area contributed by atoms with Gasteiger partial charge in [-0.3, -0.25) is 19.5 Å². The summed E-state index contributed by atoms with van der Waals surface area (Å²) in [5.41, 5.74) is 1.78. The highest BCUT2D eigenvalue weighted by atomic mass is 35.5. The number of hydrogen-bond donors (Lipinski definition) is 0. The van der Waals surface area contributed by atoms with E-state index in [2.05, 4.69) is 25.5 Å². The van der Waals surface area contributed by atoms with Crippen LogP contribution in [0.3, 0.4) is 0 Å². The highest BCUT2D eigenvalue weighted by Gasteiger charge is 2.47. The Morgan fingerprint density at radius 3 is 2.57 bits per heavy atom. The minimum atomic E-state index is -0.772. The van der Waals surface area contributed by atoms with Gasteiger partial charge in [0.1, 0.15) is 17.7 Å². The molecule has 190 valence electrons. The smallest absolute Gasteiger partial charge is 0.168 e. The third kappa shape index (κ3) is 7.23. The molecule has 5 nitrogen and oxygen atoms in total. The lowest BCUT2D eigenvalue weighted by molar-refractivity contribution is -0.103. The molecule has 0 bridgehead atoms. The van der Waals surface area contributed by atoms with Gasteiger partial charge in [0, 0.05) is 35.2 Å². The van der Waals surface area contributed by atoms with E-state index in [0.29, 0.717) is 16.2 Å². The lowest BCUT2D eigenvalue weighted by Crippen LogP contribution is -2.57. The largest absolute Gasteiger partial charge is 0.378 e. The van der Waals surface area contributed by atoms with Gasteiger partial charge in [-0.15, -0.1) is 11.6 Å². The minimum absolute atomic E-state index is 0.0147. The summed E-state index contributed by atoms with van der Waals surface area (Å²) in [5.74, 6) is 0.206. The van der Waals surface area contributed by atoms with Crippen LogP contribution in [0.2, 0.25) is 0 Å². The molecule has 1 aliphatic rings. The predicted octanol–water partition coefficient (Wildman–Crippen LogP) is 6.67. The first kappa shape index (κ1) is 29.2. The Kier molecular flexibility index (Phi) is 12.1. The van der Waals surface area contributed by atoms with Crippen molar-refractivity contribution in [3.8, 4) is 0 Å². The van der Waals surface area contributed by atoms with Gasteiger partial charge in [0.15, 0.2) is 6.29 Å². The number of likely N-dealkylation sites (N-methyl/N-ethyl adjacent to an activating group) is 1. The average molecular weight is 520 g/mol. The standard InChI is InChI=1S/C28H36Cl2N2O3/c1-5-9-26(22-13-11-21(19-33)12-14-22)32(3)28(16-8-7-10-27(28)35-4)31-25(20-34)23(15-17-29)18-24(30)6-2/h6,11-15,18-20,26-27H,2,5,7-10,16-17H2,1,3-4H3/b23-15+,24-18+,31-25+. The van der Waals surface area contributed by atoms with Crippen molar-refractivity contribution < 1.29 is 14.3 Å². The number of rotatable bonds is 13. The van der Waals surface area contributed by atoms with Crippen molar-refractivity contribution >= 4 is 41.5 Å². The molecule has 1 fully saturated rings. The van der Waals surface area contributed by atoms with Crippen LogP contribution in [-0.4, -0.2) is 55.0 Å². The molecular weight excluding hydrogens is 483 g/mol. The molecule has 1 saturated carbocycles. The zero-order valence-corrected chi connectivity index (χ0v) is 22.4. The van der Waals surface area contributed by atoms with E-state index < -0.39 is 5.66 Å². The van der Waals surface area contributed by atoms with Gasteiger partial charge >= 0.3 is 0 Å². The van der Waals surface area contributed by atoms with Crippen molar-refractivity contribution in [3.05, 3.63) is 70.8 Å². The zero-order chi connectivity index (χ0) is 25.8. The molecule has 0 radical (unpaired) electrons. The quantitative estimate of drug-likeness (QED) is 0.126. The molecule has 0 heterocycles. The lowest BCUT2D eigenvalue weighted by atomic mass is 9.82. The second-order valence-corrected chi connectivity index (χ2v) is 9.46. The Morgan fingerprint density at radius 2 is 2.03 bits per heavy atom. The number of carbonyl (C=O) groups excluding carboxylic acids is 2. The summed E-state index contributed by atoms with van der Waals surface area (Å²) < 4.78 is 6.00. The summed E-state index contributed by atoms with van der Waals surface area (Å²) in [7, 11) is 3.75. The lowest BCUT2D eigenvalue weighted by Gasteiger charge is -2.49. The van der Waals surface area contributed by atoms with Crippen molar-refractivity contribution in [3.63, 3.8) is 0 Å². The molecule has 1 aromatic rings. The molecule has 2 rings (SSSR count). The SMILES string of the molecule is C=C\C(Cl)=C/C(=C\CCl)C(/C=O)=N/C1(N(C)C(CCC)c2ccc(C=O)cc2)CCCCC1OC. The predicted molar refractivity (Wildman–Crippen MR) is 146 cm³/mol. The Morgan fingerprint density at radius 1 is 1.31 bits per heavy atom. The van der Waals surface area contributed by atoms with Crippen LogP contribution < -0.4 is 0 Å². The summed E-state index contributed by atoms with van der Waals surface area (Å²) in [6, 6.07) is 7.68. The Hall–Kier alpha value is -2.05. The van der Waals surface area contributed by atoms with E-state index in [1.807, 2.05) is 24.3 Å². The third-order valence-corrected chi connectivity index (χ3v) is 7.08. The second kappa shape index (κ2) is 14.5. The molecule has 1 aromatic carbocycles. The Balaban J connectivity index is 2.69. The highest BCUT2D eigenvalue weighted by molar-refractivity contribution is 6.39. The number of carbonyl (C=O) groups is 2. The third-order valence-electron chi connectivity index (χ3n) is 6.67. The van der Waals surface area contributed by atoms with Crippen molar-refractivity contribution in [2.45, 2.75) is 63.3 Å². The van der Waals surface area contributed by atoms with E-state index in [4.69, 9.17) is 32.9 Å². The topological polar surface area (TPSA) is 59.0 Å². The van der Waals surface area contributed by atoms with Gasteiger partial charge in [-0.2, -0.15) is 0 Å². The van der Waals surface area contributed by atoms with E-state index in [9.17, 15) is 9.59 Å². The molecule has 0 N–H and O–H groups in total. The zero-order valence-electron chi connectivity index (χ0n) is 20.9. The number of nitrogens with zero attached hydrogens (tertiary/aromatic N) is 2. The fourth-order valence-corrected chi connectivity index (χ4v) is 5.13. The van der Waals surface area contributed by atoms with Crippen LogP contribution in [0.5, 0.6) is 0 Å². The first-order chi connectivity index (χ1) is 16.9. The fraction of sp³-hybridized carbons (Fsp3) is 0.464. The maximum absolute atomic E-state index is 12.4. The normalized spacial score (nSPS) is 22.7. The van der Waals surface area contributed by atoms with Crippen LogP contribution >= 0.6 is 23.2 Å². The molecule has 0 aromatic heterocycles. The number of ether oxygens (including phenoxy) is 1. The van der Waals surface area contributed by atoms with Crippen molar-refractivity contribution in [1.29, 1.82) is 0 Å². The van der Waals surface area contributed by atoms with E-state index in [0.717, 1.165) is 56.7 Å². The molecule has 7 heteroatoms. The molecule has 0 aliphatic heterocycles. The van der Waals surface area contributed by atoms with Crippen LogP contribution in [-0.2, 0) is 9.53 Å². The summed E-state index contributed by atoms with van der Waals surface area (Å²) >= 11 is 12.2. The molecule has 0 amide bonds. The molecule has 0 spiro atoms. The van der Waals surface area contributed by atoms with Gasteiger partial charge < -0.3 is 4.74 Å². The summed E-state index contributed by atoms with van der Waals surface area (Å²) in [5, 5.41) is 0.393. The second-order valence-electron chi connectivity index (χ2n) is 8.71. The van der Waals surface area contributed by atoms with Crippen molar-refractivity contribution in [2.75, 3.05) is 20.0 Å². The summed E-state index contributed by atoms with van der Waals surface area (Å²) in [4.78, 5) is 30.9. The number of allylic oxidation sites excluding steroid dienone is 5. The Bertz CT molecular complexity index is 955. The maximum Gasteiger partial charge on any atom is 0.168 e. The van der Waals surface area contributed by atoms with Crippen molar-refractivity contribution in [2.24, 2.45) is 4.99 Å². The number of methoxy groups -OCH3 is 1. The fourth-order valence-electron chi connectivity index (χ4n) is 4.84. The van der Waals surface area contributed by atoms with Gasteiger partial charge in [-0.25, -0.2) is 0 Å². The molecular formula is C28H36Cl2N2O3. The number of hydrogen-bond acceptors (Lipinski definition) is 5. The first-order valence-corrected chi connectivity index (χ1v) is 12.9. The van der Waals surface area contributed by atoms with Crippen LogP contribution in [0.4, 0.5) is 0 Å². The van der Waals surface area contributed by atoms with Crippen LogP contribution in [0.15, 0.2) is 64.7 Å². The molecule has 3 unspecified atom stereocenters. The van der Waals surface area contributed by atoms with Gasteiger partial charge in [0.05, 0.1) is 6.10 Å². The summed E-state index contributed by atoms with van der Waals surface area (Å²) in [6.45, 7) is 5.84. The van der Waals surface area contributed by atoms with Crippen LogP contribution in [0.25, 0.3) is 0 Å². The van der Waals surface area contributed by atoms with Gasteiger partial charge in [-0.05, 0) is 44.4 Å². The molecule has 35 heavy (non-hydrogen) atoms. The van der Waals surface area contributed by atoms with Gasteiger partial charge in [0.2, 0.25) is 0 Å². The molecule has 1 aliphatic carbocycles. The van der Waals surface area contributed by atoms with Crippen LogP contribution in [0.1, 0.15) is 67.4 Å². The van der Waals surface area contributed by atoms with Gasteiger partial charge in [-0.1, -0.05) is 74.4 Å². The first-order valence-electron chi connectivity index (χ1n) is 12.0. The van der Waals surface area contributed by atoms with E-state index in [1.165, 1.54) is 6.08 Å². The monoisotopic (exact) mass is 518 g/mol. The summed E-state index contributed by atoms with van der Waals surface area (Å²) in [6.07, 6.45) is 11.7. The molecule has 0 saturated heterocycles. The average Bonchev–Trinajstić information content (AvgIpc) is 2.89. The van der Waals surface area contributed by atoms with Gasteiger partial charge in [0.25, 0.3) is 0 Å².